The molecule has 0 bridgehead atoms. The summed E-state index contributed by atoms with van der Waals surface area (Å²) in [5.74, 6) is 10.00. The SMILES string of the molecule is CCC1CCC2CCCCC12.CCCCC1C(C)CC2CCCC2C1C1CCCCC1. The average molecular weight is 429 g/mol. The largest absolute Gasteiger partial charge is 0.0654 e. The Hall–Kier alpha value is 0. The van der Waals surface area contributed by atoms with E-state index in [2.05, 4.69) is 20.8 Å². The summed E-state index contributed by atoms with van der Waals surface area (Å²) >= 11 is 0. The highest BCUT2D eigenvalue weighted by atomic mass is 14.5. The highest BCUT2D eigenvalue weighted by Gasteiger charge is 2.47. The maximum absolute atomic E-state index is 2.60. The first kappa shape index (κ1) is 24.1. The summed E-state index contributed by atoms with van der Waals surface area (Å²) in [6.45, 7) is 7.35. The van der Waals surface area contributed by atoms with Crippen LogP contribution in [0.4, 0.5) is 0 Å². The van der Waals surface area contributed by atoms with E-state index >= 15 is 0 Å². The molecule has 0 radical (unpaired) electrons. The molecule has 180 valence electrons. The molecule has 8 unspecified atom stereocenters. The van der Waals surface area contributed by atoms with Gasteiger partial charge in [0.2, 0.25) is 0 Å². The molecule has 0 spiro atoms. The monoisotopic (exact) mass is 428 g/mol. The molecule has 5 saturated carbocycles. The van der Waals surface area contributed by atoms with Crippen molar-refractivity contribution in [2.75, 3.05) is 0 Å². The molecular formula is C31H56. The number of hydrogen-bond donors (Lipinski definition) is 0. The predicted molar refractivity (Wildman–Crippen MR) is 136 cm³/mol. The van der Waals surface area contributed by atoms with Gasteiger partial charge in [-0.05, 0) is 91.8 Å². The van der Waals surface area contributed by atoms with Crippen LogP contribution in [0.15, 0.2) is 0 Å². The van der Waals surface area contributed by atoms with E-state index in [0.29, 0.717) is 0 Å². The van der Waals surface area contributed by atoms with E-state index in [0.717, 1.165) is 53.3 Å². The first-order valence-corrected chi connectivity index (χ1v) is 15.2. The Morgan fingerprint density at radius 1 is 0.613 bits per heavy atom. The molecule has 31 heavy (non-hydrogen) atoms. The highest BCUT2D eigenvalue weighted by Crippen LogP contribution is 2.55. The third-order valence-electron chi connectivity index (χ3n) is 11.2. The van der Waals surface area contributed by atoms with Gasteiger partial charge in [0.1, 0.15) is 0 Å². The molecule has 5 aliphatic rings. The zero-order valence-corrected chi connectivity index (χ0v) is 21.6. The highest BCUT2D eigenvalue weighted by molar-refractivity contribution is 4.96. The van der Waals surface area contributed by atoms with Crippen LogP contribution in [-0.2, 0) is 0 Å². The van der Waals surface area contributed by atoms with Crippen LogP contribution < -0.4 is 0 Å². The van der Waals surface area contributed by atoms with Gasteiger partial charge in [-0.3, -0.25) is 0 Å². The van der Waals surface area contributed by atoms with Crippen LogP contribution in [0.5, 0.6) is 0 Å². The third-order valence-corrected chi connectivity index (χ3v) is 11.2. The summed E-state index contributed by atoms with van der Waals surface area (Å²) in [4.78, 5) is 0. The van der Waals surface area contributed by atoms with Crippen LogP contribution in [0.2, 0.25) is 0 Å². The molecule has 0 aromatic carbocycles. The van der Waals surface area contributed by atoms with Gasteiger partial charge in [0, 0.05) is 0 Å². The van der Waals surface area contributed by atoms with Crippen molar-refractivity contribution in [1.29, 1.82) is 0 Å². The third kappa shape index (κ3) is 5.74. The lowest BCUT2D eigenvalue weighted by molar-refractivity contribution is 0.00254. The lowest BCUT2D eigenvalue weighted by Gasteiger charge is -2.49. The molecule has 0 aromatic heterocycles. The Balaban J connectivity index is 0.000000177. The maximum atomic E-state index is 2.60. The molecule has 0 N–H and O–H groups in total. The molecule has 0 heteroatoms. The van der Waals surface area contributed by atoms with Gasteiger partial charge in [0.25, 0.3) is 0 Å². The van der Waals surface area contributed by atoms with Crippen molar-refractivity contribution >= 4 is 0 Å². The fourth-order valence-corrected chi connectivity index (χ4v) is 9.71. The second-order valence-corrected chi connectivity index (χ2v) is 12.8. The van der Waals surface area contributed by atoms with Crippen molar-refractivity contribution in [3.05, 3.63) is 0 Å². The summed E-state index contributed by atoms with van der Waals surface area (Å²) in [6.07, 6.45) is 29.1. The normalized spacial score (nSPS) is 43.1. The van der Waals surface area contributed by atoms with Gasteiger partial charge in [-0.2, -0.15) is 0 Å². The zero-order valence-electron chi connectivity index (χ0n) is 21.6. The van der Waals surface area contributed by atoms with Gasteiger partial charge >= 0.3 is 0 Å². The zero-order chi connectivity index (χ0) is 21.6. The summed E-state index contributed by atoms with van der Waals surface area (Å²) in [5, 5.41) is 0. The van der Waals surface area contributed by atoms with Gasteiger partial charge in [0.15, 0.2) is 0 Å². The molecule has 0 aliphatic heterocycles. The van der Waals surface area contributed by atoms with E-state index in [1.807, 2.05) is 0 Å². The standard InChI is InChI=1S/C20H36.C11H20/c1-3-4-12-18-15(2)14-17-11-8-13-19(17)20(18)16-9-6-5-7-10-16;1-2-9-7-8-10-5-3-4-6-11(9)10/h15-20H,3-14H2,1-2H3;9-11H,2-8H2,1H3. The fourth-order valence-electron chi connectivity index (χ4n) is 9.71. The Labute approximate surface area is 196 Å². The Kier molecular flexibility index (Phi) is 9.28. The predicted octanol–water partition coefficient (Wildman–Crippen LogP) is 10.1. The van der Waals surface area contributed by atoms with Crippen LogP contribution in [0.25, 0.3) is 0 Å². The van der Waals surface area contributed by atoms with Gasteiger partial charge in [-0.1, -0.05) is 104 Å². The van der Waals surface area contributed by atoms with E-state index in [1.54, 1.807) is 70.6 Å². The van der Waals surface area contributed by atoms with Crippen molar-refractivity contribution in [2.45, 2.75) is 143 Å². The van der Waals surface area contributed by atoms with Gasteiger partial charge in [-0.15, -0.1) is 0 Å². The molecule has 5 aliphatic carbocycles. The number of hydrogen-bond acceptors (Lipinski definition) is 0. The number of fused-ring (bicyclic) bond motifs is 2. The van der Waals surface area contributed by atoms with Crippen molar-refractivity contribution in [3.8, 4) is 0 Å². The number of unbranched alkanes of at least 4 members (excludes halogenated alkanes) is 1. The number of rotatable bonds is 5. The van der Waals surface area contributed by atoms with Crippen molar-refractivity contribution < 1.29 is 0 Å². The molecule has 0 amide bonds. The van der Waals surface area contributed by atoms with E-state index in [1.165, 1.54) is 51.4 Å². The summed E-state index contributed by atoms with van der Waals surface area (Å²) in [7, 11) is 0. The lowest BCUT2D eigenvalue weighted by Crippen LogP contribution is -2.41. The van der Waals surface area contributed by atoms with Gasteiger partial charge < -0.3 is 0 Å². The molecule has 5 fully saturated rings. The van der Waals surface area contributed by atoms with Crippen molar-refractivity contribution in [2.24, 2.45) is 53.3 Å². The minimum Gasteiger partial charge on any atom is -0.0654 e. The molecule has 0 nitrogen and oxygen atoms in total. The van der Waals surface area contributed by atoms with E-state index in [9.17, 15) is 0 Å². The summed E-state index contributed by atoms with van der Waals surface area (Å²) in [5.41, 5.74) is 0. The van der Waals surface area contributed by atoms with Crippen LogP contribution in [-0.4, -0.2) is 0 Å². The second-order valence-electron chi connectivity index (χ2n) is 12.8. The van der Waals surface area contributed by atoms with Crippen molar-refractivity contribution in [3.63, 3.8) is 0 Å². The molecule has 8 atom stereocenters. The van der Waals surface area contributed by atoms with E-state index in [-0.39, 0.29) is 0 Å². The average Bonchev–Trinajstić information content (AvgIpc) is 3.45. The van der Waals surface area contributed by atoms with Crippen LogP contribution in [0.1, 0.15) is 143 Å². The molecule has 0 aromatic rings. The van der Waals surface area contributed by atoms with Gasteiger partial charge in [-0.25, -0.2) is 0 Å². The Morgan fingerprint density at radius 3 is 2.06 bits per heavy atom. The van der Waals surface area contributed by atoms with Gasteiger partial charge in [0.05, 0.1) is 0 Å². The molecular weight excluding hydrogens is 372 g/mol. The fraction of sp³-hybridized carbons (Fsp3) is 1.00. The molecule has 5 rings (SSSR count). The second kappa shape index (κ2) is 11.9. The molecule has 0 saturated heterocycles. The first-order chi connectivity index (χ1) is 15.2. The van der Waals surface area contributed by atoms with E-state index < -0.39 is 0 Å². The first-order valence-electron chi connectivity index (χ1n) is 15.2. The minimum atomic E-state index is 1.02. The van der Waals surface area contributed by atoms with E-state index in [4.69, 9.17) is 0 Å². The Bertz CT molecular complexity index is 496. The molecule has 0 heterocycles. The van der Waals surface area contributed by atoms with Crippen molar-refractivity contribution in [1.82, 2.24) is 0 Å². The Morgan fingerprint density at radius 2 is 1.29 bits per heavy atom. The maximum Gasteiger partial charge on any atom is -0.0324 e. The van der Waals surface area contributed by atoms with Crippen LogP contribution in [0, 0.1) is 53.3 Å². The topological polar surface area (TPSA) is 0 Å². The smallest absolute Gasteiger partial charge is 0.0324 e. The van der Waals surface area contributed by atoms with Crippen LogP contribution in [0.3, 0.4) is 0 Å². The minimum absolute atomic E-state index is 1.02. The summed E-state index contributed by atoms with van der Waals surface area (Å²) in [6, 6.07) is 0. The summed E-state index contributed by atoms with van der Waals surface area (Å²) < 4.78 is 0. The quantitative estimate of drug-likeness (QED) is 0.408. The lowest BCUT2D eigenvalue weighted by atomic mass is 9.56. The van der Waals surface area contributed by atoms with Crippen LogP contribution >= 0.6 is 0 Å².